The maximum Gasteiger partial charge on any atom is 0.270 e. The molecule has 1 heterocycles. The number of rotatable bonds is 4. The molecular formula is C20H16BrClN2O4S. The van der Waals surface area contributed by atoms with Crippen LogP contribution in [0.2, 0.25) is 5.02 Å². The molecular weight excluding hydrogens is 480 g/mol. The van der Waals surface area contributed by atoms with Crippen LogP contribution in [0.15, 0.2) is 40.4 Å². The van der Waals surface area contributed by atoms with E-state index in [1.54, 1.807) is 30.3 Å². The van der Waals surface area contributed by atoms with Crippen molar-refractivity contribution in [2.75, 3.05) is 19.1 Å². The molecule has 0 saturated carbocycles. The summed E-state index contributed by atoms with van der Waals surface area (Å²) in [6.07, 6.45) is 1.47. The molecule has 1 aliphatic heterocycles. The van der Waals surface area contributed by atoms with E-state index in [0.717, 1.165) is 5.56 Å². The van der Waals surface area contributed by atoms with E-state index in [4.69, 9.17) is 33.3 Å². The second kappa shape index (κ2) is 8.52. The van der Waals surface area contributed by atoms with Gasteiger partial charge < -0.3 is 9.47 Å². The van der Waals surface area contributed by atoms with Crippen LogP contribution in [-0.4, -0.2) is 31.1 Å². The molecule has 2 amide bonds. The van der Waals surface area contributed by atoms with E-state index in [1.807, 2.05) is 6.92 Å². The summed E-state index contributed by atoms with van der Waals surface area (Å²) < 4.78 is 11.2. The number of thiocarbonyl (C=S) groups is 1. The van der Waals surface area contributed by atoms with Gasteiger partial charge in [0, 0.05) is 9.50 Å². The zero-order valence-electron chi connectivity index (χ0n) is 15.7. The summed E-state index contributed by atoms with van der Waals surface area (Å²) in [6.45, 7) is 1.85. The quantitative estimate of drug-likeness (QED) is 0.390. The fourth-order valence-electron chi connectivity index (χ4n) is 2.75. The van der Waals surface area contributed by atoms with E-state index in [0.29, 0.717) is 32.2 Å². The van der Waals surface area contributed by atoms with Crippen LogP contribution in [0.5, 0.6) is 11.5 Å². The van der Waals surface area contributed by atoms with Crippen LogP contribution in [-0.2, 0) is 9.59 Å². The number of nitrogens with zero attached hydrogens (tertiary/aromatic N) is 1. The highest BCUT2D eigenvalue weighted by Gasteiger charge is 2.34. The highest BCUT2D eigenvalue weighted by molar-refractivity contribution is 9.10. The highest BCUT2D eigenvalue weighted by atomic mass is 79.9. The zero-order valence-corrected chi connectivity index (χ0v) is 18.9. The summed E-state index contributed by atoms with van der Waals surface area (Å²) in [4.78, 5) is 26.9. The molecule has 1 saturated heterocycles. The minimum Gasteiger partial charge on any atom is -0.493 e. The number of hydrogen-bond acceptors (Lipinski definition) is 5. The molecule has 0 aromatic heterocycles. The summed E-state index contributed by atoms with van der Waals surface area (Å²) in [5.74, 6) is -0.168. The van der Waals surface area contributed by atoms with Gasteiger partial charge in [-0.15, -0.1) is 0 Å². The summed E-state index contributed by atoms with van der Waals surface area (Å²) in [5.41, 5.74) is 1.81. The second-order valence-corrected chi connectivity index (χ2v) is 7.77. The molecule has 2 aromatic carbocycles. The van der Waals surface area contributed by atoms with E-state index >= 15 is 0 Å². The Labute approximate surface area is 186 Å². The highest BCUT2D eigenvalue weighted by Crippen LogP contribution is 2.35. The lowest BCUT2D eigenvalue weighted by atomic mass is 10.1. The third-order valence-electron chi connectivity index (χ3n) is 4.32. The van der Waals surface area contributed by atoms with Gasteiger partial charge in [0.25, 0.3) is 11.8 Å². The van der Waals surface area contributed by atoms with Crippen LogP contribution in [0, 0.1) is 6.92 Å². The van der Waals surface area contributed by atoms with Gasteiger partial charge in [0.05, 0.1) is 19.9 Å². The Bertz CT molecular complexity index is 1070. The largest absolute Gasteiger partial charge is 0.493 e. The Balaban J connectivity index is 2.07. The molecule has 0 aliphatic carbocycles. The lowest BCUT2D eigenvalue weighted by molar-refractivity contribution is -0.122. The van der Waals surface area contributed by atoms with E-state index in [1.165, 1.54) is 25.2 Å². The van der Waals surface area contributed by atoms with Gasteiger partial charge in [0.1, 0.15) is 5.57 Å². The van der Waals surface area contributed by atoms with Gasteiger partial charge in [-0.25, -0.2) is 0 Å². The first-order valence-corrected chi connectivity index (χ1v) is 9.94. The number of halogens is 2. The van der Waals surface area contributed by atoms with Crippen LogP contribution in [0.1, 0.15) is 11.1 Å². The lowest BCUT2D eigenvalue weighted by Gasteiger charge is -2.29. The Hall–Kier alpha value is -2.42. The van der Waals surface area contributed by atoms with Crippen molar-refractivity contribution in [2.24, 2.45) is 0 Å². The number of carbonyl (C=O) groups excluding carboxylic acids is 2. The van der Waals surface area contributed by atoms with Gasteiger partial charge in [-0.2, -0.15) is 0 Å². The number of ether oxygens (including phenoxy) is 2. The standard InChI is InChI=1S/C20H16BrClN2O4S/c1-10-4-5-12(8-15(10)22)24-19(26)13(18(25)23-20(24)29)6-11-7-16(27-2)17(28-3)9-14(11)21/h4-9H,1-3H3,(H,23,25,29)/b13-6+. The Morgan fingerprint density at radius 1 is 1.14 bits per heavy atom. The van der Waals surface area contributed by atoms with Crippen molar-refractivity contribution < 1.29 is 19.1 Å². The predicted molar refractivity (Wildman–Crippen MR) is 120 cm³/mol. The summed E-state index contributed by atoms with van der Waals surface area (Å²) >= 11 is 14.8. The molecule has 0 unspecified atom stereocenters. The predicted octanol–water partition coefficient (Wildman–Crippen LogP) is 4.26. The van der Waals surface area contributed by atoms with Crippen molar-refractivity contribution >= 4 is 68.4 Å². The molecule has 0 atom stereocenters. The van der Waals surface area contributed by atoms with Gasteiger partial charge in [-0.05, 0) is 60.6 Å². The van der Waals surface area contributed by atoms with Gasteiger partial charge >= 0.3 is 0 Å². The monoisotopic (exact) mass is 494 g/mol. The maximum atomic E-state index is 13.1. The van der Waals surface area contributed by atoms with Crippen molar-refractivity contribution in [3.05, 3.63) is 56.5 Å². The third kappa shape index (κ3) is 4.14. The topological polar surface area (TPSA) is 67.9 Å². The number of nitrogens with one attached hydrogen (secondary N) is 1. The number of aryl methyl sites for hydroxylation is 1. The first kappa shape index (κ1) is 21.3. The molecule has 1 fully saturated rings. The van der Waals surface area contributed by atoms with Gasteiger partial charge in [-0.1, -0.05) is 33.6 Å². The second-order valence-electron chi connectivity index (χ2n) is 6.12. The van der Waals surface area contributed by atoms with Crippen LogP contribution in [0.25, 0.3) is 6.08 Å². The molecule has 0 bridgehead atoms. The lowest BCUT2D eigenvalue weighted by Crippen LogP contribution is -2.54. The van der Waals surface area contributed by atoms with Crippen molar-refractivity contribution in [1.29, 1.82) is 0 Å². The molecule has 1 N–H and O–H groups in total. The smallest absolute Gasteiger partial charge is 0.270 e. The number of amides is 2. The fourth-order valence-corrected chi connectivity index (χ4v) is 3.64. The average molecular weight is 496 g/mol. The van der Waals surface area contributed by atoms with Gasteiger partial charge in [0.2, 0.25) is 0 Å². The Morgan fingerprint density at radius 2 is 1.79 bits per heavy atom. The first-order valence-electron chi connectivity index (χ1n) is 8.36. The SMILES string of the molecule is COc1cc(Br)c(/C=C2\C(=O)NC(=S)N(c3ccc(C)c(Cl)c3)C2=O)cc1OC. The van der Waals surface area contributed by atoms with Crippen LogP contribution < -0.4 is 19.7 Å². The van der Waals surface area contributed by atoms with E-state index < -0.39 is 11.8 Å². The minimum atomic E-state index is -0.587. The van der Waals surface area contributed by atoms with Crippen molar-refractivity contribution in [3.8, 4) is 11.5 Å². The maximum absolute atomic E-state index is 13.1. The third-order valence-corrected chi connectivity index (χ3v) is 5.70. The average Bonchev–Trinajstić information content (AvgIpc) is 2.68. The molecule has 29 heavy (non-hydrogen) atoms. The summed E-state index contributed by atoms with van der Waals surface area (Å²) in [6, 6.07) is 8.47. The molecule has 9 heteroatoms. The molecule has 2 aromatic rings. The van der Waals surface area contributed by atoms with E-state index in [-0.39, 0.29) is 10.7 Å². The molecule has 3 rings (SSSR count). The Morgan fingerprint density at radius 3 is 2.41 bits per heavy atom. The minimum absolute atomic E-state index is 0.0107. The molecule has 0 radical (unpaired) electrons. The number of anilines is 1. The molecule has 150 valence electrons. The van der Waals surface area contributed by atoms with Crippen LogP contribution in [0.3, 0.4) is 0 Å². The summed E-state index contributed by atoms with van der Waals surface area (Å²) in [5, 5.41) is 3.03. The number of hydrogen-bond donors (Lipinski definition) is 1. The zero-order chi connectivity index (χ0) is 21.3. The first-order chi connectivity index (χ1) is 13.8. The van der Waals surface area contributed by atoms with Gasteiger partial charge in [-0.3, -0.25) is 19.8 Å². The fraction of sp³-hybridized carbons (Fsp3) is 0.150. The van der Waals surface area contributed by atoms with Crippen LogP contribution >= 0.6 is 39.7 Å². The van der Waals surface area contributed by atoms with Crippen molar-refractivity contribution in [3.63, 3.8) is 0 Å². The number of methoxy groups -OCH3 is 2. The molecule has 6 nitrogen and oxygen atoms in total. The molecule has 0 spiro atoms. The van der Waals surface area contributed by atoms with Crippen LogP contribution in [0.4, 0.5) is 5.69 Å². The Kier molecular flexibility index (Phi) is 6.26. The van der Waals surface area contributed by atoms with Crippen molar-refractivity contribution in [2.45, 2.75) is 6.92 Å². The summed E-state index contributed by atoms with van der Waals surface area (Å²) in [7, 11) is 3.02. The number of benzene rings is 2. The van der Waals surface area contributed by atoms with E-state index in [2.05, 4.69) is 21.2 Å². The van der Waals surface area contributed by atoms with Crippen molar-refractivity contribution in [1.82, 2.24) is 5.32 Å². The van der Waals surface area contributed by atoms with E-state index in [9.17, 15) is 9.59 Å². The molecule has 1 aliphatic rings. The number of carbonyl (C=O) groups is 2. The normalized spacial score (nSPS) is 15.6. The van der Waals surface area contributed by atoms with Gasteiger partial charge in [0.15, 0.2) is 16.6 Å².